The van der Waals surface area contributed by atoms with Gasteiger partial charge in [0, 0.05) is 5.41 Å². The number of hydrogen-bond donors (Lipinski definition) is 1. The maximum atomic E-state index is 10.00. The van der Waals surface area contributed by atoms with Gasteiger partial charge in [0.05, 0.1) is 18.3 Å². The molecule has 0 aromatic carbocycles. The minimum absolute atomic E-state index is 0.00581. The highest BCUT2D eigenvalue weighted by molar-refractivity contribution is 5.16. The third kappa shape index (κ3) is 1.72. The summed E-state index contributed by atoms with van der Waals surface area (Å²) < 4.78 is 6.00. The third-order valence-corrected chi connectivity index (χ3v) is 8.65. The fourth-order valence-electron chi connectivity index (χ4n) is 7.32. The van der Waals surface area contributed by atoms with Crippen LogP contribution in [0.4, 0.5) is 0 Å². The molecule has 1 heterocycles. The summed E-state index contributed by atoms with van der Waals surface area (Å²) in [5.41, 5.74) is 0.803. The maximum absolute atomic E-state index is 10.00. The predicted octanol–water partition coefficient (Wildman–Crippen LogP) is 3.77. The predicted molar refractivity (Wildman–Crippen MR) is 81.8 cm³/mol. The van der Waals surface area contributed by atoms with Crippen LogP contribution in [0.3, 0.4) is 0 Å². The van der Waals surface area contributed by atoms with Gasteiger partial charge in [0.2, 0.25) is 0 Å². The Morgan fingerprint density at radius 2 is 1.76 bits per heavy atom. The Morgan fingerprint density at radius 3 is 2.57 bits per heavy atom. The average molecular weight is 290 g/mol. The Hall–Kier alpha value is -0.0800. The molecule has 5 fully saturated rings. The first-order valence-electron chi connectivity index (χ1n) is 9.43. The number of ether oxygens (including phenoxy) is 1. The van der Waals surface area contributed by atoms with E-state index in [1.54, 1.807) is 0 Å². The lowest BCUT2D eigenvalue weighted by Crippen LogP contribution is -2.49. The first-order valence-corrected chi connectivity index (χ1v) is 9.43. The summed E-state index contributed by atoms with van der Waals surface area (Å²) >= 11 is 0. The van der Waals surface area contributed by atoms with E-state index in [9.17, 15) is 5.11 Å². The summed E-state index contributed by atoms with van der Waals surface area (Å²) in [7, 11) is 0. The summed E-state index contributed by atoms with van der Waals surface area (Å²) in [6, 6.07) is 0. The Kier molecular flexibility index (Phi) is 2.71. The van der Waals surface area contributed by atoms with Crippen LogP contribution in [0.2, 0.25) is 0 Å². The van der Waals surface area contributed by atoms with E-state index in [1.165, 1.54) is 44.9 Å². The van der Waals surface area contributed by atoms with Crippen LogP contribution >= 0.6 is 0 Å². The lowest BCUT2D eigenvalue weighted by Gasteiger charge is -2.55. The minimum atomic E-state index is 0.00581. The SMILES string of the molecule is C[C@]12C[C@H]3CC[C@@H]4C[C@@H](O)CC[C@H]4[C@@H]3C[C@@H]1CC[C@@]21CO1. The fraction of sp³-hybridized carbons (Fsp3) is 1.00. The van der Waals surface area contributed by atoms with Crippen LogP contribution in [0.15, 0.2) is 0 Å². The van der Waals surface area contributed by atoms with E-state index in [4.69, 9.17) is 4.74 Å². The molecule has 21 heavy (non-hydrogen) atoms. The first kappa shape index (κ1) is 13.4. The summed E-state index contributed by atoms with van der Waals surface area (Å²) in [4.78, 5) is 0. The molecule has 1 saturated heterocycles. The second kappa shape index (κ2) is 4.26. The van der Waals surface area contributed by atoms with E-state index >= 15 is 0 Å². The number of epoxide rings is 1. The molecule has 0 amide bonds. The molecule has 2 heteroatoms. The normalized spacial score (nSPS) is 62.0. The molecule has 0 aromatic rings. The monoisotopic (exact) mass is 290 g/mol. The van der Waals surface area contributed by atoms with Crippen molar-refractivity contribution < 1.29 is 9.84 Å². The molecule has 0 radical (unpaired) electrons. The smallest absolute Gasteiger partial charge is 0.0972 e. The van der Waals surface area contributed by atoms with E-state index in [0.29, 0.717) is 11.0 Å². The van der Waals surface area contributed by atoms with Crippen LogP contribution in [0.25, 0.3) is 0 Å². The highest BCUT2D eigenvalue weighted by Gasteiger charge is 2.68. The van der Waals surface area contributed by atoms with Gasteiger partial charge in [-0.3, -0.25) is 0 Å². The molecule has 5 aliphatic rings. The van der Waals surface area contributed by atoms with Gasteiger partial charge in [0.15, 0.2) is 0 Å². The zero-order chi connectivity index (χ0) is 14.2. The summed E-state index contributed by atoms with van der Waals surface area (Å²) in [6.45, 7) is 3.61. The van der Waals surface area contributed by atoms with E-state index in [0.717, 1.165) is 49.0 Å². The molecule has 0 unspecified atom stereocenters. The van der Waals surface area contributed by atoms with Gasteiger partial charge in [0.1, 0.15) is 0 Å². The molecular formula is C19H30O2. The average Bonchev–Trinajstić information content (AvgIpc) is 3.20. The first-order chi connectivity index (χ1) is 10.1. The molecule has 118 valence electrons. The Bertz CT molecular complexity index is 443. The maximum Gasteiger partial charge on any atom is 0.0972 e. The highest BCUT2D eigenvalue weighted by Crippen LogP contribution is 2.68. The Balaban J connectivity index is 1.40. The summed E-state index contributed by atoms with van der Waals surface area (Å²) in [5, 5.41) is 10.00. The van der Waals surface area contributed by atoms with E-state index in [2.05, 4.69) is 6.92 Å². The lowest BCUT2D eigenvalue weighted by molar-refractivity contribution is -0.0719. The molecule has 5 rings (SSSR count). The fourth-order valence-corrected chi connectivity index (χ4v) is 7.32. The molecular weight excluding hydrogens is 260 g/mol. The van der Waals surface area contributed by atoms with Crippen molar-refractivity contribution in [2.75, 3.05) is 6.61 Å². The molecule has 0 aromatic heterocycles. The van der Waals surface area contributed by atoms with Crippen molar-refractivity contribution >= 4 is 0 Å². The van der Waals surface area contributed by atoms with Gasteiger partial charge >= 0.3 is 0 Å². The van der Waals surface area contributed by atoms with Crippen LogP contribution in [-0.2, 0) is 4.74 Å². The zero-order valence-corrected chi connectivity index (χ0v) is 13.4. The minimum Gasteiger partial charge on any atom is -0.393 e. The largest absolute Gasteiger partial charge is 0.393 e. The van der Waals surface area contributed by atoms with Gasteiger partial charge in [-0.05, 0) is 87.4 Å². The van der Waals surface area contributed by atoms with Crippen molar-refractivity contribution in [3.8, 4) is 0 Å². The molecule has 4 saturated carbocycles. The number of fused-ring (bicyclic) bond motifs is 5. The van der Waals surface area contributed by atoms with E-state index in [1.807, 2.05) is 0 Å². The highest BCUT2D eigenvalue weighted by atomic mass is 16.6. The quantitative estimate of drug-likeness (QED) is 0.689. The van der Waals surface area contributed by atoms with Crippen LogP contribution in [-0.4, -0.2) is 23.4 Å². The standard InChI is InChI=1S/C19H30O2/c1-18-10-13-3-2-12-8-15(20)4-5-16(12)17(13)9-14(18)6-7-19(18)11-21-19/h12-17,20H,2-11H2,1H3/t12-,13-,14+,15+,16-,17-,18+,19-/m1/s1. The van der Waals surface area contributed by atoms with E-state index in [-0.39, 0.29) is 6.10 Å². The second-order valence-electron chi connectivity index (χ2n) is 9.27. The Morgan fingerprint density at radius 1 is 0.952 bits per heavy atom. The molecule has 4 aliphatic carbocycles. The van der Waals surface area contributed by atoms with Gasteiger partial charge in [0.25, 0.3) is 0 Å². The van der Waals surface area contributed by atoms with Crippen molar-refractivity contribution in [1.29, 1.82) is 0 Å². The molecule has 1 aliphatic heterocycles. The van der Waals surface area contributed by atoms with Crippen LogP contribution in [0.1, 0.15) is 64.7 Å². The van der Waals surface area contributed by atoms with Crippen LogP contribution < -0.4 is 0 Å². The molecule has 1 spiro atoms. The van der Waals surface area contributed by atoms with Gasteiger partial charge in [-0.25, -0.2) is 0 Å². The third-order valence-electron chi connectivity index (χ3n) is 8.65. The van der Waals surface area contributed by atoms with Gasteiger partial charge in [-0.2, -0.15) is 0 Å². The summed E-state index contributed by atoms with van der Waals surface area (Å²) in [5.74, 6) is 4.64. The zero-order valence-electron chi connectivity index (χ0n) is 13.4. The second-order valence-corrected chi connectivity index (χ2v) is 9.27. The van der Waals surface area contributed by atoms with Crippen molar-refractivity contribution in [1.82, 2.24) is 0 Å². The molecule has 0 bridgehead atoms. The van der Waals surface area contributed by atoms with Gasteiger partial charge < -0.3 is 9.84 Å². The molecule has 8 atom stereocenters. The van der Waals surface area contributed by atoms with Crippen molar-refractivity contribution in [2.24, 2.45) is 35.0 Å². The topological polar surface area (TPSA) is 32.8 Å². The van der Waals surface area contributed by atoms with Crippen molar-refractivity contribution in [2.45, 2.75) is 76.4 Å². The molecule has 2 nitrogen and oxygen atoms in total. The van der Waals surface area contributed by atoms with Crippen molar-refractivity contribution in [3.05, 3.63) is 0 Å². The Labute approximate surface area is 128 Å². The lowest BCUT2D eigenvalue weighted by atomic mass is 9.50. The number of hydrogen-bond acceptors (Lipinski definition) is 2. The van der Waals surface area contributed by atoms with E-state index < -0.39 is 0 Å². The number of aliphatic hydroxyl groups excluding tert-OH is 1. The summed E-state index contributed by atoms with van der Waals surface area (Å²) in [6.07, 6.45) is 12.0. The number of aliphatic hydroxyl groups is 1. The van der Waals surface area contributed by atoms with Gasteiger partial charge in [-0.15, -0.1) is 0 Å². The van der Waals surface area contributed by atoms with Crippen LogP contribution in [0, 0.1) is 35.0 Å². The number of rotatable bonds is 0. The van der Waals surface area contributed by atoms with Gasteiger partial charge in [-0.1, -0.05) is 6.92 Å². The van der Waals surface area contributed by atoms with Crippen molar-refractivity contribution in [3.63, 3.8) is 0 Å². The molecule has 1 N–H and O–H groups in total. The van der Waals surface area contributed by atoms with Crippen LogP contribution in [0.5, 0.6) is 0 Å².